The van der Waals surface area contributed by atoms with Crippen molar-refractivity contribution in [2.75, 3.05) is 40.5 Å². The lowest BCUT2D eigenvalue weighted by atomic mass is 9.89. The van der Waals surface area contributed by atoms with Gasteiger partial charge in [0.05, 0.1) is 13.7 Å². The van der Waals surface area contributed by atoms with E-state index in [1.807, 2.05) is 12.1 Å². The molecule has 2 N–H and O–H groups in total. The number of para-hydroxylation sites is 1. The van der Waals surface area contributed by atoms with Crippen LogP contribution in [0.5, 0.6) is 5.75 Å². The Morgan fingerprint density at radius 2 is 1.91 bits per heavy atom. The fraction of sp³-hybridized carbons (Fsp3) is 0.375. The Kier molecular flexibility index (Phi) is 7.02. The largest absolute Gasteiger partial charge is 0.495 e. The molecule has 3 aromatic rings. The summed E-state index contributed by atoms with van der Waals surface area (Å²) in [5.41, 5.74) is 2.74. The number of methoxy groups -OCH3 is 2. The number of nitrogens with zero attached hydrogens (tertiary/aromatic N) is 1. The minimum absolute atomic E-state index is 0.0550. The summed E-state index contributed by atoms with van der Waals surface area (Å²) in [4.78, 5) is 18.3. The number of piperidine rings is 1. The maximum atomic E-state index is 13.2. The van der Waals surface area contributed by atoms with Crippen molar-refractivity contribution in [1.82, 2.24) is 14.6 Å². The van der Waals surface area contributed by atoms with Crippen molar-refractivity contribution >= 4 is 26.8 Å². The highest BCUT2D eigenvalue weighted by Crippen LogP contribution is 2.34. The van der Waals surface area contributed by atoms with E-state index in [0.717, 1.165) is 18.4 Å². The molecular formula is C24H29N3O5S. The lowest BCUT2D eigenvalue weighted by molar-refractivity contribution is 0.0713. The summed E-state index contributed by atoms with van der Waals surface area (Å²) in [5.74, 6) is 0.389. The summed E-state index contributed by atoms with van der Waals surface area (Å²) < 4.78 is 38.1. The first-order valence-electron chi connectivity index (χ1n) is 11.0. The van der Waals surface area contributed by atoms with Gasteiger partial charge in [-0.15, -0.1) is 0 Å². The quantitative estimate of drug-likeness (QED) is 0.492. The standard InChI is InChI=1S/C24H29N3O5S/c1-31-14-11-26-33(29,30)23-15-18(7-8-22(23)32-2)24(28)27-12-9-17(10-13-27)20-16-25-21-6-4-3-5-19(20)21/h3-8,15-17,25-26H,9-14H2,1-2H3. The molecule has 0 atom stereocenters. The molecule has 0 aliphatic carbocycles. The van der Waals surface area contributed by atoms with Crippen LogP contribution in [0.25, 0.3) is 10.9 Å². The zero-order valence-electron chi connectivity index (χ0n) is 18.8. The number of likely N-dealkylation sites (tertiary alicyclic amines) is 1. The molecule has 1 aromatic heterocycles. The van der Waals surface area contributed by atoms with E-state index < -0.39 is 10.0 Å². The SMILES string of the molecule is COCCNS(=O)(=O)c1cc(C(=O)N2CCC(c3c[nH]c4ccccc34)CC2)ccc1OC. The Hall–Kier alpha value is -2.88. The second kappa shape index (κ2) is 9.94. The number of aromatic amines is 1. The number of hydrogen-bond acceptors (Lipinski definition) is 5. The van der Waals surface area contributed by atoms with E-state index in [9.17, 15) is 13.2 Å². The highest BCUT2D eigenvalue weighted by Gasteiger charge is 2.28. The fourth-order valence-corrected chi connectivity index (χ4v) is 5.59. The van der Waals surface area contributed by atoms with Crippen molar-refractivity contribution in [3.05, 3.63) is 59.8 Å². The summed E-state index contributed by atoms with van der Waals surface area (Å²) in [7, 11) is -0.951. The lowest BCUT2D eigenvalue weighted by Crippen LogP contribution is -2.38. The van der Waals surface area contributed by atoms with Crippen LogP contribution < -0.4 is 9.46 Å². The van der Waals surface area contributed by atoms with Crippen LogP contribution in [0.2, 0.25) is 0 Å². The van der Waals surface area contributed by atoms with Crippen molar-refractivity contribution < 1.29 is 22.7 Å². The van der Waals surface area contributed by atoms with Crippen molar-refractivity contribution in [2.45, 2.75) is 23.7 Å². The normalized spacial score (nSPS) is 15.2. The average molecular weight is 472 g/mol. The number of H-pyrrole nitrogens is 1. The summed E-state index contributed by atoms with van der Waals surface area (Å²) in [6.07, 6.45) is 3.78. The fourth-order valence-electron chi connectivity index (χ4n) is 4.38. The third kappa shape index (κ3) is 4.90. The molecule has 176 valence electrons. The van der Waals surface area contributed by atoms with Crippen LogP contribution in [0, 0.1) is 0 Å². The summed E-state index contributed by atoms with van der Waals surface area (Å²) in [5, 5.41) is 1.23. The number of carbonyl (C=O) groups is 1. The van der Waals surface area contributed by atoms with Gasteiger partial charge in [0.15, 0.2) is 0 Å². The van der Waals surface area contributed by atoms with E-state index in [-0.39, 0.29) is 29.7 Å². The smallest absolute Gasteiger partial charge is 0.253 e. The molecule has 2 heterocycles. The molecule has 1 fully saturated rings. The van der Waals surface area contributed by atoms with Gasteiger partial charge in [-0.05, 0) is 48.6 Å². The van der Waals surface area contributed by atoms with E-state index in [4.69, 9.17) is 9.47 Å². The Morgan fingerprint density at radius 3 is 2.64 bits per heavy atom. The first-order chi connectivity index (χ1) is 15.9. The van der Waals surface area contributed by atoms with Crippen LogP contribution in [0.4, 0.5) is 0 Å². The highest BCUT2D eigenvalue weighted by atomic mass is 32.2. The van der Waals surface area contributed by atoms with E-state index >= 15 is 0 Å². The van der Waals surface area contributed by atoms with Crippen molar-refractivity contribution in [3.8, 4) is 5.75 Å². The molecule has 0 unspecified atom stereocenters. The molecule has 4 rings (SSSR count). The maximum Gasteiger partial charge on any atom is 0.253 e. The van der Waals surface area contributed by atoms with E-state index in [0.29, 0.717) is 24.6 Å². The predicted octanol–water partition coefficient (Wildman–Crippen LogP) is 3.12. The molecule has 9 heteroatoms. The van der Waals surface area contributed by atoms with Gasteiger partial charge in [0.2, 0.25) is 10.0 Å². The number of amides is 1. The zero-order chi connectivity index (χ0) is 23.4. The van der Waals surface area contributed by atoms with Crippen molar-refractivity contribution in [2.24, 2.45) is 0 Å². The number of hydrogen-bond donors (Lipinski definition) is 2. The Morgan fingerprint density at radius 1 is 1.15 bits per heavy atom. The predicted molar refractivity (Wildman–Crippen MR) is 126 cm³/mol. The second-order valence-corrected chi connectivity index (χ2v) is 9.85. The van der Waals surface area contributed by atoms with Crippen LogP contribution >= 0.6 is 0 Å². The maximum absolute atomic E-state index is 13.2. The number of nitrogens with one attached hydrogen (secondary N) is 2. The number of aromatic nitrogens is 1. The van der Waals surface area contributed by atoms with Gasteiger partial charge in [0.25, 0.3) is 5.91 Å². The van der Waals surface area contributed by atoms with E-state index in [1.165, 1.54) is 37.3 Å². The van der Waals surface area contributed by atoms with E-state index in [1.54, 1.807) is 11.0 Å². The number of rotatable bonds is 8. The number of benzene rings is 2. The van der Waals surface area contributed by atoms with Crippen LogP contribution in [0.3, 0.4) is 0 Å². The minimum atomic E-state index is -3.85. The minimum Gasteiger partial charge on any atom is -0.495 e. The number of carbonyl (C=O) groups excluding carboxylic acids is 1. The van der Waals surface area contributed by atoms with Crippen molar-refractivity contribution in [3.63, 3.8) is 0 Å². The van der Waals surface area contributed by atoms with Crippen LogP contribution in [0.1, 0.15) is 34.7 Å². The first kappa shape index (κ1) is 23.3. The molecule has 1 aliphatic heterocycles. The Bertz CT molecular complexity index is 1230. The Balaban J connectivity index is 1.48. The van der Waals surface area contributed by atoms with Gasteiger partial charge in [0.1, 0.15) is 10.6 Å². The molecule has 33 heavy (non-hydrogen) atoms. The molecule has 8 nitrogen and oxygen atoms in total. The van der Waals surface area contributed by atoms with Crippen LogP contribution in [-0.4, -0.2) is 64.7 Å². The molecule has 0 radical (unpaired) electrons. The summed E-state index contributed by atoms with van der Waals surface area (Å²) in [6.45, 7) is 1.60. The van der Waals surface area contributed by atoms with Crippen LogP contribution in [-0.2, 0) is 14.8 Å². The molecule has 0 bridgehead atoms. The zero-order valence-corrected chi connectivity index (χ0v) is 19.7. The van der Waals surface area contributed by atoms with Crippen molar-refractivity contribution in [1.29, 1.82) is 0 Å². The molecule has 1 amide bonds. The third-order valence-electron chi connectivity index (χ3n) is 6.14. The third-order valence-corrected chi connectivity index (χ3v) is 7.62. The molecule has 0 spiro atoms. The van der Waals surface area contributed by atoms with Gasteiger partial charge in [0, 0.05) is 49.4 Å². The summed E-state index contributed by atoms with van der Waals surface area (Å²) in [6, 6.07) is 12.8. The van der Waals surface area contributed by atoms with Gasteiger partial charge >= 0.3 is 0 Å². The van der Waals surface area contributed by atoms with Gasteiger partial charge in [-0.2, -0.15) is 0 Å². The highest BCUT2D eigenvalue weighted by molar-refractivity contribution is 7.89. The second-order valence-electron chi connectivity index (χ2n) is 8.11. The molecule has 2 aromatic carbocycles. The molecule has 1 saturated heterocycles. The number of ether oxygens (including phenoxy) is 2. The monoisotopic (exact) mass is 471 g/mol. The molecule has 1 aliphatic rings. The van der Waals surface area contributed by atoms with Gasteiger partial charge in [-0.3, -0.25) is 4.79 Å². The van der Waals surface area contributed by atoms with Crippen LogP contribution in [0.15, 0.2) is 53.6 Å². The van der Waals surface area contributed by atoms with Gasteiger partial charge in [-0.25, -0.2) is 13.1 Å². The topological polar surface area (TPSA) is 101 Å². The lowest BCUT2D eigenvalue weighted by Gasteiger charge is -2.32. The number of sulfonamides is 1. The van der Waals surface area contributed by atoms with Gasteiger partial charge < -0.3 is 19.4 Å². The van der Waals surface area contributed by atoms with E-state index in [2.05, 4.69) is 28.0 Å². The summed E-state index contributed by atoms with van der Waals surface area (Å²) >= 11 is 0. The first-order valence-corrected chi connectivity index (χ1v) is 12.4. The van der Waals surface area contributed by atoms with Gasteiger partial charge in [-0.1, -0.05) is 18.2 Å². The average Bonchev–Trinajstić information content (AvgIpc) is 3.27. The molecule has 0 saturated carbocycles. The Labute approximate surface area is 193 Å². The molecular weight excluding hydrogens is 442 g/mol. The number of fused-ring (bicyclic) bond motifs is 1.